The molecule has 0 heterocycles. The number of ether oxygens (including phenoxy) is 1. The van der Waals surface area contributed by atoms with Gasteiger partial charge in [-0.05, 0) is 39.0 Å². The van der Waals surface area contributed by atoms with E-state index in [-0.39, 0.29) is 5.60 Å². The maximum atomic E-state index is 5.93. The Hall–Kier alpha value is -1.32. The lowest BCUT2D eigenvalue weighted by Gasteiger charge is -2.26. The van der Waals surface area contributed by atoms with E-state index in [0.717, 1.165) is 30.2 Å². The van der Waals surface area contributed by atoms with Crippen molar-refractivity contribution in [1.29, 1.82) is 0 Å². The standard InChI is InChI=1S/C16H25NO2/c1-5-7-13-17(6-2)18-14-16(3,4)19-15-11-9-8-10-12-15/h6,8-12H,2,5,7,13-14H2,1,3-4H3/p+1. The first kappa shape index (κ1) is 15.7. The summed E-state index contributed by atoms with van der Waals surface area (Å²) in [5, 5.41) is 0.951. The summed E-state index contributed by atoms with van der Waals surface area (Å²) < 4.78 is 5.93. The Kier molecular flexibility index (Phi) is 6.60. The molecule has 0 aliphatic heterocycles. The number of hydrogen-bond acceptors (Lipinski definition) is 2. The fourth-order valence-corrected chi connectivity index (χ4v) is 1.69. The second kappa shape index (κ2) is 7.97. The zero-order valence-corrected chi connectivity index (χ0v) is 12.3. The van der Waals surface area contributed by atoms with Gasteiger partial charge in [0.25, 0.3) is 0 Å². The van der Waals surface area contributed by atoms with E-state index in [1.54, 1.807) is 6.20 Å². The van der Waals surface area contributed by atoms with Gasteiger partial charge in [-0.25, -0.2) is 0 Å². The Bertz CT molecular complexity index is 362. The first-order valence-corrected chi connectivity index (χ1v) is 6.92. The summed E-state index contributed by atoms with van der Waals surface area (Å²) >= 11 is 0. The van der Waals surface area contributed by atoms with Crippen molar-refractivity contribution in [2.75, 3.05) is 13.2 Å². The highest BCUT2D eigenvalue weighted by atomic mass is 16.7. The molecule has 0 spiro atoms. The molecule has 0 aromatic heterocycles. The van der Waals surface area contributed by atoms with Crippen LogP contribution in [0.25, 0.3) is 0 Å². The highest BCUT2D eigenvalue weighted by molar-refractivity contribution is 5.21. The zero-order chi connectivity index (χ0) is 14.1. The van der Waals surface area contributed by atoms with Gasteiger partial charge in [-0.3, -0.25) is 0 Å². The molecule has 1 atom stereocenters. The topological polar surface area (TPSA) is 22.9 Å². The fourth-order valence-electron chi connectivity index (χ4n) is 1.69. The van der Waals surface area contributed by atoms with E-state index in [2.05, 4.69) is 13.5 Å². The van der Waals surface area contributed by atoms with Gasteiger partial charge in [0.1, 0.15) is 30.7 Å². The Morgan fingerprint density at radius 2 is 1.95 bits per heavy atom. The Labute approximate surface area is 116 Å². The molecule has 0 aliphatic carbocycles. The molecular weight excluding hydrogens is 238 g/mol. The number of quaternary nitrogens is 1. The van der Waals surface area contributed by atoms with Crippen molar-refractivity contribution in [3.05, 3.63) is 43.1 Å². The molecule has 0 bridgehead atoms. The minimum Gasteiger partial charge on any atom is -0.485 e. The number of benzene rings is 1. The minimum absolute atomic E-state index is 0.359. The average Bonchev–Trinajstić information content (AvgIpc) is 2.39. The molecule has 3 nitrogen and oxygen atoms in total. The molecule has 0 amide bonds. The molecule has 0 saturated heterocycles. The van der Waals surface area contributed by atoms with Crippen LogP contribution in [0.2, 0.25) is 0 Å². The SMILES string of the molecule is C=C[NH+](CCCC)OCC(C)(C)Oc1ccccc1. The van der Waals surface area contributed by atoms with Crippen LogP contribution in [-0.2, 0) is 4.84 Å². The third kappa shape index (κ3) is 6.41. The van der Waals surface area contributed by atoms with Gasteiger partial charge >= 0.3 is 0 Å². The normalized spacial score (nSPS) is 13.0. The Morgan fingerprint density at radius 1 is 1.26 bits per heavy atom. The van der Waals surface area contributed by atoms with Crippen LogP contribution in [0.15, 0.2) is 43.1 Å². The van der Waals surface area contributed by atoms with Crippen molar-refractivity contribution in [1.82, 2.24) is 0 Å². The maximum absolute atomic E-state index is 5.93. The maximum Gasteiger partial charge on any atom is 0.146 e. The van der Waals surface area contributed by atoms with Crippen LogP contribution >= 0.6 is 0 Å². The van der Waals surface area contributed by atoms with Crippen molar-refractivity contribution in [3.63, 3.8) is 0 Å². The van der Waals surface area contributed by atoms with Gasteiger partial charge in [0.2, 0.25) is 0 Å². The summed E-state index contributed by atoms with van der Waals surface area (Å²) in [6.45, 7) is 11.5. The molecule has 1 aromatic carbocycles. The van der Waals surface area contributed by atoms with E-state index in [4.69, 9.17) is 9.57 Å². The third-order valence-electron chi connectivity index (χ3n) is 2.75. The molecule has 0 aliphatic rings. The lowest BCUT2D eigenvalue weighted by Crippen LogP contribution is -3.06. The van der Waals surface area contributed by atoms with E-state index >= 15 is 0 Å². The van der Waals surface area contributed by atoms with Gasteiger partial charge in [0, 0.05) is 0 Å². The molecule has 19 heavy (non-hydrogen) atoms. The molecule has 1 rings (SSSR count). The summed E-state index contributed by atoms with van der Waals surface area (Å²) in [5.41, 5.74) is -0.359. The summed E-state index contributed by atoms with van der Waals surface area (Å²) in [6.07, 6.45) is 4.08. The average molecular weight is 264 g/mol. The number of unbranched alkanes of at least 4 members (excludes halogenated alkanes) is 1. The first-order valence-electron chi connectivity index (χ1n) is 6.92. The number of nitrogens with one attached hydrogen (secondary N) is 1. The number of para-hydroxylation sites is 1. The summed E-state index contributed by atoms with van der Waals surface area (Å²) in [5.74, 6) is 0.866. The van der Waals surface area contributed by atoms with Crippen LogP contribution in [0.4, 0.5) is 0 Å². The highest BCUT2D eigenvalue weighted by Gasteiger charge is 2.23. The second-order valence-electron chi connectivity index (χ2n) is 5.24. The van der Waals surface area contributed by atoms with Crippen LogP contribution in [-0.4, -0.2) is 18.8 Å². The quantitative estimate of drug-likeness (QED) is 0.693. The fraction of sp³-hybridized carbons (Fsp3) is 0.500. The molecular formula is C16H26NO2+. The van der Waals surface area contributed by atoms with Crippen LogP contribution < -0.4 is 9.80 Å². The minimum atomic E-state index is -0.359. The van der Waals surface area contributed by atoms with Gasteiger partial charge < -0.3 is 4.74 Å². The lowest BCUT2D eigenvalue weighted by atomic mass is 10.1. The molecule has 0 radical (unpaired) electrons. The number of hydrogen-bond donors (Lipinski definition) is 1. The van der Waals surface area contributed by atoms with Gasteiger partial charge in [-0.1, -0.05) is 31.5 Å². The largest absolute Gasteiger partial charge is 0.485 e. The smallest absolute Gasteiger partial charge is 0.146 e. The van der Waals surface area contributed by atoms with Crippen LogP contribution in [0.1, 0.15) is 33.6 Å². The van der Waals surface area contributed by atoms with Gasteiger partial charge in [0.15, 0.2) is 0 Å². The monoisotopic (exact) mass is 264 g/mol. The second-order valence-corrected chi connectivity index (χ2v) is 5.24. The van der Waals surface area contributed by atoms with Gasteiger partial charge in [-0.15, -0.1) is 0 Å². The Morgan fingerprint density at radius 3 is 2.53 bits per heavy atom. The predicted molar refractivity (Wildman–Crippen MR) is 78.0 cm³/mol. The molecule has 0 fully saturated rings. The van der Waals surface area contributed by atoms with E-state index in [9.17, 15) is 0 Å². The molecule has 3 heteroatoms. The molecule has 1 N–H and O–H groups in total. The van der Waals surface area contributed by atoms with Crippen molar-refractivity contribution in [2.45, 2.75) is 39.2 Å². The van der Waals surface area contributed by atoms with Crippen molar-refractivity contribution in [3.8, 4) is 5.75 Å². The Balaban J connectivity index is 2.43. The third-order valence-corrected chi connectivity index (χ3v) is 2.75. The number of rotatable bonds is 9. The van der Waals surface area contributed by atoms with Gasteiger partial charge in [0.05, 0.1) is 0 Å². The van der Waals surface area contributed by atoms with E-state index in [1.807, 2.05) is 44.2 Å². The van der Waals surface area contributed by atoms with Crippen molar-refractivity contribution < 1.29 is 14.6 Å². The summed E-state index contributed by atoms with van der Waals surface area (Å²) in [4.78, 5) is 5.80. The van der Waals surface area contributed by atoms with Crippen LogP contribution in [0.3, 0.4) is 0 Å². The summed E-state index contributed by atoms with van der Waals surface area (Å²) in [6, 6.07) is 9.82. The number of hydroxylamine groups is 2. The van der Waals surface area contributed by atoms with E-state index in [1.165, 1.54) is 0 Å². The van der Waals surface area contributed by atoms with Crippen molar-refractivity contribution in [2.24, 2.45) is 0 Å². The van der Waals surface area contributed by atoms with Crippen molar-refractivity contribution >= 4 is 0 Å². The van der Waals surface area contributed by atoms with E-state index in [0.29, 0.717) is 6.61 Å². The molecule has 0 saturated carbocycles. The van der Waals surface area contributed by atoms with Crippen LogP contribution in [0.5, 0.6) is 5.75 Å². The first-order chi connectivity index (χ1) is 9.07. The molecule has 1 unspecified atom stereocenters. The van der Waals surface area contributed by atoms with Gasteiger partial charge in [-0.2, -0.15) is 9.90 Å². The van der Waals surface area contributed by atoms with E-state index < -0.39 is 0 Å². The van der Waals surface area contributed by atoms with Crippen LogP contribution in [0, 0.1) is 0 Å². The molecule has 1 aromatic rings. The molecule has 106 valence electrons. The lowest BCUT2D eigenvalue weighted by molar-refractivity contribution is -1.05. The zero-order valence-electron chi connectivity index (χ0n) is 12.3. The summed E-state index contributed by atoms with van der Waals surface area (Å²) in [7, 11) is 0. The predicted octanol–water partition coefficient (Wildman–Crippen LogP) is 2.60. The highest BCUT2D eigenvalue weighted by Crippen LogP contribution is 2.17.